The summed E-state index contributed by atoms with van der Waals surface area (Å²) in [6.45, 7) is 6.05. The lowest BCUT2D eigenvalue weighted by Gasteiger charge is -2.17. The van der Waals surface area contributed by atoms with Crippen LogP contribution in [0.4, 0.5) is 4.79 Å². The number of hydrogen-bond donors (Lipinski definition) is 2. The molecule has 0 rings (SSSR count). The number of amides is 1. The summed E-state index contributed by atoms with van der Waals surface area (Å²) in [5.41, 5.74) is 0. The number of unbranched alkanes of at least 4 members (excludes halogenated alkanes) is 7. The maximum Gasteiger partial charge on any atom is 0.407 e. The van der Waals surface area contributed by atoms with Crippen LogP contribution in [0, 0.1) is 5.92 Å². The van der Waals surface area contributed by atoms with Crippen LogP contribution in [0.25, 0.3) is 0 Å². The summed E-state index contributed by atoms with van der Waals surface area (Å²) in [5, 5.41) is 11.3. The smallest absolute Gasteiger partial charge is 0.407 e. The summed E-state index contributed by atoms with van der Waals surface area (Å²) in [6, 6.07) is -0.893. The van der Waals surface area contributed by atoms with Crippen molar-refractivity contribution in [2.24, 2.45) is 5.92 Å². The molecule has 21 heavy (non-hydrogen) atoms. The summed E-state index contributed by atoms with van der Waals surface area (Å²) in [4.78, 5) is 22.4. The van der Waals surface area contributed by atoms with Gasteiger partial charge in [0.1, 0.15) is 6.04 Å². The van der Waals surface area contributed by atoms with Crippen LogP contribution in [0.15, 0.2) is 0 Å². The van der Waals surface area contributed by atoms with E-state index in [1.807, 2.05) is 0 Å². The third-order valence-corrected chi connectivity index (χ3v) is 3.44. The summed E-state index contributed by atoms with van der Waals surface area (Å²) >= 11 is 0. The van der Waals surface area contributed by atoms with E-state index in [-0.39, 0.29) is 5.92 Å². The fraction of sp³-hybridized carbons (Fsp3) is 0.875. The zero-order valence-corrected chi connectivity index (χ0v) is 13.7. The second-order valence-corrected chi connectivity index (χ2v) is 5.82. The average molecular weight is 301 g/mol. The molecule has 0 saturated carbocycles. The van der Waals surface area contributed by atoms with Crippen LogP contribution in [-0.4, -0.2) is 29.8 Å². The first-order chi connectivity index (χ1) is 9.99. The van der Waals surface area contributed by atoms with Crippen molar-refractivity contribution < 1.29 is 19.4 Å². The molecule has 124 valence electrons. The number of rotatable bonds is 12. The topological polar surface area (TPSA) is 75.6 Å². The largest absolute Gasteiger partial charge is 0.480 e. The van der Waals surface area contributed by atoms with Gasteiger partial charge in [-0.2, -0.15) is 0 Å². The third-order valence-electron chi connectivity index (χ3n) is 3.44. The molecule has 0 unspecified atom stereocenters. The van der Waals surface area contributed by atoms with E-state index in [9.17, 15) is 9.59 Å². The van der Waals surface area contributed by atoms with Crippen molar-refractivity contribution in [3.8, 4) is 0 Å². The average Bonchev–Trinajstić information content (AvgIpc) is 2.42. The van der Waals surface area contributed by atoms with Crippen LogP contribution in [-0.2, 0) is 9.53 Å². The second-order valence-electron chi connectivity index (χ2n) is 5.82. The van der Waals surface area contributed by atoms with Crippen molar-refractivity contribution in [2.75, 3.05) is 6.61 Å². The van der Waals surface area contributed by atoms with Gasteiger partial charge in [-0.05, 0) is 12.3 Å². The summed E-state index contributed by atoms with van der Waals surface area (Å²) in [5.74, 6) is -1.20. The first-order valence-electron chi connectivity index (χ1n) is 8.15. The van der Waals surface area contributed by atoms with Gasteiger partial charge in [0.05, 0.1) is 6.61 Å². The van der Waals surface area contributed by atoms with Crippen LogP contribution in [0.2, 0.25) is 0 Å². The van der Waals surface area contributed by atoms with Crippen molar-refractivity contribution >= 4 is 12.1 Å². The Morgan fingerprint density at radius 1 is 1.00 bits per heavy atom. The van der Waals surface area contributed by atoms with Crippen molar-refractivity contribution in [1.82, 2.24) is 5.32 Å². The van der Waals surface area contributed by atoms with Gasteiger partial charge in [0.2, 0.25) is 0 Å². The Kier molecular flexibility index (Phi) is 11.7. The molecular formula is C16H31NO4. The minimum absolute atomic E-state index is 0.168. The number of carbonyl (C=O) groups excluding carboxylic acids is 1. The predicted molar refractivity (Wildman–Crippen MR) is 83.4 cm³/mol. The van der Waals surface area contributed by atoms with E-state index in [2.05, 4.69) is 12.2 Å². The maximum atomic E-state index is 11.5. The quantitative estimate of drug-likeness (QED) is 0.535. The van der Waals surface area contributed by atoms with E-state index in [0.717, 1.165) is 12.8 Å². The minimum atomic E-state index is -1.03. The minimum Gasteiger partial charge on any atom is -0.480 e. The van der Waals surface area contributed by atoms with E-state index in [1.54, 1.807) is 13.8 Å². The molecule has 1 amide bonds. The molecular weight excluding hydrogens is 270 g/mol. The second kappa shape index (κ2) is 12.5. The van der Waals surface area contributed by atoms with E-state index in [4.69, 9.17) is 9.84 Å². The molecule has 0 aromatic carbocycles. The number of ether oxygens (including phenoxy) is 1. The monoisotopic (exact) mass is 301 g/mol. The highest BCUT2D eigenvalue weighted by Crippen LogP contribution is 2.08. The fourth-order valence-corrected chi connectivity index (χ4v) is 2.08. The lowest BCUT2D eigenvalue weighted by atomic mass is 10.1. The Morgan fingerprint density at radius 2 is 1.52 bits per heavy atom. The SMILES string of the molecule is CCCCCCCCCCOC(=O)N[C@H](C(=O)O)C(C)C. The van der Waals surface area contributed by atoms with Gasteiger partial charge >= 0.3 is 12.1 Å². The molecule has 0 aliphatic carbocycles. The lowest BCUT2D eigenvalue weighted by molar-refractivity contribution is -0.140. The fourth-order valence-electron chi connectivity index (χ4n) is 2.08. The number of aliphatic carboxylic acids is 1. The number of carboxylic acid groups (broad SMARTS) is 1. The van der Waals surface area contributed by atoms with Crippen LogP contribution in [0.3, 0.4) is 0 Å². The van der Waals surface area contributed by atoms with Gasteiger partial charge in [0.15, 0.2) is 0 Å². The summed E-state index contributed by atoms with van der Waals surface area (Å²) in [7, 11) is 0. The zero-order valence-electron chi connectivity index (χ0n) is 13.7. The molecule has 5 heteroatoms. The standard InChI is InChI=1S/C16H31NO4/c1-4-5-6-7-8-9-10-11-12-21-16(20)17-14(13(2)3)15(18)19/h13-14H,4-12H2,1-3H3,(H,17,20)(H,18,19)/t14-/m0/s1. The first-order valence-corrected chi connectivity index (χ1v) is 8.15. The van der Waals surface area contributed by atoms with E-state index in [1.165, 1.54) is 38.5 Å². The Hall–Kier alpha value is -1.26. The molecule has 0 bridgehead atoms. The molecule has 1 atom stereocenters. The molecule has 0 spiro atoms. The van der Waals surface area contributed by atoms with Gasteiger partial charge in [-0.15, -0.1) is 0 Å². The highest BCUT2D eigenvalue weighted by molar-refractivity contribution is 5.80. The van der Waals surface area contributed by atoms with Crippen LogP contribution in [0.1, 0.15) is 72.1 Å². The van der Waals surface area contributed by atoms with Crippen molar-refractivity contribution in [3.63, 3.8) is 0 Å². The van der Waals surface area contributed by atoms with Gasteiger partial charge in [-0.1, -0.05) is 65.7 Å². The van der Waals surface area contributed by atoms with Crippen LogP contribution in [0.5, 0.6) is 0 Å². The summed E-state index contributed by atoms with van der Waals surface area (Å²) in [6.07, 6.45) is 8.80. The molecule has 0 fully saturated rings. The Balaban J connectivity index is 3.55. The van der Waals surface area contributed by atoms with Gasteiger partial charge in [-0.25, -0.2) is 9.59 Å². The Morgan fingerprint density at radius 3 is 2.00 bits per heavy atom. The van der Waals surface area contributed by atoms with Crippen molar-refractivity contribution in [1.29, 1.82) is 0 Å². The zero-order chi connectivity index (χ0) is 16.1. The Labute approximate surface area is 128 Å². The molecule has 0 aliphatic rings. The van der Waals surface area contributed by atoms with Gasteiger partial charge in [0.25, 0.3) is 0 Å². The van der Waals surface area contributed by atoms with Gasteiger partial charge < -0.3 is 15.2 Å². The number of nitrogens with one attached hydrogen (secondary N) is 1. The molecule has 0 saturated heterocycles. The molecule has 0 aromatic rings. The van der Waals surface area contributed by atoms with Gasteiger partial charge in [-0.3, -0.25) is 0 Å². The normalized spacial score (nSPS) is 12.2. The van der Waals surface area contributed by atoms with E-state index >= 15 is 0 Å². The molecule has 2 N–H and O–H groups in total. The third kappa shape index (κ3) is 11.1. The number of hydrogen-bond acceptors (Lipinski definition) is 3. The highest BCUT2D eigenvalue weighted by atomic mass is 16.5. The van der Waals surface area contributed by atoms with E-state index < -0.39 is 18.1 Å². The van der Waals surface area contributed by atoms with Crippen molar-refractivity contribution in [3.05, 3.63) is 0 Å². The Bertz CT molecular complexity index is 292. The van der Waals surface area contributed by atoms with E-state index in [0.29, 0.717) is 6.61 Å². The number of carbonyl (C=O) groups is 2. The molecule has 0 aliphatic heterocycles. The number of carboxylic acids is 1. The molecule has 0 radical (unpaired) electrons. The van der Waals surface area contributed by atoms with Crippen LogP contribution < -0.4 is 5.32 Å². The highest BCUT2D eigenvalue weighted by Gasteiger charge is 2.23. The van der Waals surface area contributed by atoms with Crippen LogP contribution >= 0.6 is 0 Å². The van der Waals surface area contributed by atoms with Crippen molar-refractivity contribution in [2.45, 2.75) is 78.2 Å². The lowest BCUT2D eigenvalue weighted by Crippen LogP contribution is -2.44. The molecule has 0 heterocycles. The predicted octanol–water partition coefficient (Wildman–Crippen LogP) is 3.96. The molecule has 0 aromatic heterocycles. The maximum absolute atomic E-state index is 11.5. The number of alkyl carbamates (subject to hydrolysis) is 1. The summed E-state index contributed by atoms with van der Waals surface area (Å²) < 4.78 is 5.00. The van der Waals surface area contributed by atoms with Gasteiger partial charge in [0, 0.05) is 0 Å². The first kappa shape index (κ1) is 19.7. The molecule has 5 nitrogen and oxygen atoms in total.